The smallest absolute Gasteiger partial charge is 0.124 e. The summed E-state index contributed by atoms with van der Waals surface area (Å²) < 4.78 is 0. The van der Waals surface area contributed by atoms with E-state index in [0.717, 1.165) is 38.4 Å². The van der Waals surface area contributed by atoms with E-state index in [1.54, 1.807) is 0 Å². The molecule has 0 fully saturated rings. The molecule has 0 aromatic heterocycles. The molecule has 3 rings (SSSR count). The summed E-state index contributed by atoms with van der Waals surface area (Å²) in [5, 5.41) is 10.1. The van der Waals surface area contributed by atoms with Crippen LogP contribution >= 0.6 is 0 Å². The number of hydrogen-bond acceptors (Lipinski definition) is 4. The second-order valence-electron chi connectivity index (χ2n) is 8.97. The van der Waals surface area contributed by atoms with Gasteiger partial charge in [-0.1, -0.05) is 36.4 Å². The van der Waals surface area contributed by atoms with Gasteiger partial charge in [0.1, 0.15) is 6.23 Å². The molecule has 0 bridgehead atoms. The van der Waals surface area contributed by atoms with Crippen molar-refractivity contribution in [3.8, 4) is 0 Å². The lowest BCUT2D eigenvalue weighted by molar-refractivity contribution is 0.190. The van der Waals surface area contributed by atoms with Crippen LogP contribution < -0.4 is 14.7 Å². The molecule has 0 spiro atoms. The van der Waals surface area contributed by atoms with E-state index in [9.17, 15) is 5.11 Å². The third-order valence-electron chi connectivity index (χ3n) is 7.06. The van der Waals surface area contributed by atoms with Gasteiger partial charge >= 0.3 is 0 Å². The first-order chi connectivity index (χ1) is 17.0. The average molecular weight is 474 g/mol. The molecule has 0 aliphatic heterocycles. The Morgan fingerprint density at radius 3 is 1.09 bits per heavy atom. The van der Waals surface area contributed by atoms with Crippen molar-refractivity contribution in [1.82, 2.24) is 0 Å². The van der Waals surface area contributed by atoms with Gasteiger partial charge in [-0.15, -0.1) is 0 Å². The molecule has 1 atom stereocenters. The van der Waals surface area contributed by atoms with Crippen LogP contribution in [0.1, 0.15) is 64.2 Å². The van der Waals surface area contributed by atoms with Crippen LogP contribution in [-0.4, -0.2) is 44.1 Å². The van der Waals surface area contributed by atoms with Gasteiger partial charge in [0.25, 0.3) is 0 Å². The first-order valence-corrected chi connectivity index (χ1v) is 13.2. The zero-order chi connectivity index (χ0) is 25.4. The van der Waals surface area contributed by atoms with Crippen molar-refractivity contribution < 1.29 is 5.11 Å². The lowest BCUT2D eigenvalue weighted by Crippen LogP contribution is -2.32. The monoisotopic (exact) mass is 473 g/mol. The topological polar surface area (TPSA) is 30.0 Å². The van der Waals surface area contributed by atoms with Crippen LogP contribution in [0.4, 0.5) is 17.1 Å². The summed E-state index contributed by atoms with van der Waals surface area (Å²) in [5.74, 6) is 0.141. The van der Waals surface area contributed by atoms with Crippen molar-refractivity contribution in [2.45, 2.75) is 53.7 Å². The molecule has 0 amide bonds. The fraction of sp³-hybridized carbons (Fsp3) is 0.419. The van der Waals surface area contributed by atoms with Crippen molar-refractivity contribution in [2.75, 3.05) is 47.4 Å². The summed E-state index contributed by atoms with van der Waals surface area (Å²) in [6.07, 6.45) is -0.512. The maximum atomic E-state index is 10.1. The van der Waals surface area contributed by atoms with Crippen LogP contribution in [0.15, 0.2) is 72.8 Å². The molecular weight excluding hydrogens is 430 g/mol. The largest absolute Gasteiger partial charge is 0.374 e. The third-order valence-corrected chi connectivity index (χ3v) is 7.06. The van der Waals surface area contributed by atoms with Gasteiger partial charge in [0.2, 0.25) is 0 Å². The van der Waals surface area contributed by atoms with E-state index < -0.39 is 6.23 Å². The fourth-order valence-electron chi connectivity index (χ4n) is 5.03. The molecule has 0 aliphatic carbocycles. The predicted octanol–water partition coefficient (Wildman–Crippen LogP) is 6.72. The van der Waals surface area contributed by atoms with E-state index in [0.29, 0.717) is 0 Å². The Morgan fingerprint density at radius 1 is 0.514 bits per heavy atom. The van der Waals surface area contributed by atoms with E-state index in [1.807, 2.05) is 11.8 Å². The van der Waals surface area contributed by atoms with Crippen molar-refractivity contribution in [3.05, 3.63) is 89.5 Å². The molecule has 0 radical (unpaired) electrons. The summed E-state index contributed by atoms with van der Waals surface area (Å²) in [6, 6.07) is 26.8. The first kappa shape index (κ1) is 26.6. The Labute approximate surface area is 212 Å². The van der Waals surface area contributed by atoms with E-state index in [4.69, 9.17) is 0 Å². The summed E-state index contributed by atoms with van der Waals surface area (Å²) in [6.45, 7) is 17.5. The van der Waals surface area contributed by atoms with Gasteiger partial charge in [-0.25, -0.2) is 0 Å². The second-order valence-corrected chi connectivity index (χ2v) is 8.97. The first-order valence-electron chi connectivity index (χ1n) is 13.2. The highest BCUT2D eigenvalue weighted by Crippen LogP contribution is 2.35. The number of hydrogen-bond donors (Lipinski definition) is 1. The van der Waals surface area contributed by atoms with Gasteiger partial charge < -0.3 is 19.8 Å². The van der Waals surface area contributed by atoms with E-state index >= 15 is 0 Å². The zero-order valence-corrected chi connectivity index (χ0v) is 22.4. The molecule has 3 aromatic carbocycles. The van der Waals surface area contributed by atoms with Gasteiger partial charge in [0, 0.05) is 55.7 Å². The second kappa shape index (κ2) is 12.6. The normalized spacial score (nSPS) is 12.0. The molecule has 0 heterocycles. The van der Waals surface area contributed by atoms with Gasteiger partial charge in [-0.2, -0.15) is 0 Å². The molecule has 4 nitrogen and oxygen atoms in total. The van der Waals surface area contributed by atoms with Gasteiger partial charge in [-0.05, 0) is 94.6 Å². The zero-order valence-electron chi connectivity index (χ0n) is 22.4. The molecule has 3 aromatic rings. The molecule has 4 heteroatoms. The van der Waals surface area contributed by atoms with Crippen molar-refractivity contribution in [2.24, 2.45) is 0 Å². The Bertz CT molecular complexity index is 949. The third kappa shape index (κ3) is 6.18. The van der Waals surface area contributed by atoms with Crippen LogP contribution in [0.5, 0.6) is 0 Å². The lowest BCUT2D eigenvalue weighted by atomic mass is 9.85. The van der Waals surface area contributed by atoms with Crippen LogP contribution in [0.2, 0.25) is 0 Å². The highest BCUT2D eigenvalue weighted by molar-refractivity contribution is 5.56. The fourth-order valence-corrected chi connectivity index (χ4v) is 5.03. The molecular formula is C31H43N3O. The summed E-state index contributed by atoms with van der Waals surface area (Å²) >= 11 is 0. The summed E-state index contributed by atoms with van der Waals surface area (Å²) in [5.41, 5.74) is 7.39. The Morgan fingerprint density at radius 2 is 0.829 bits per heavy atom. The molecule has 188 valence electrons. The minimum Gasteiger partial charge on any atom is -0.374 e. The molecule has 1 unspecified atom stereocenters. The Balaban J connectivity index is 2.02. The minimum atomic E-state index is -0.512. The lowest BCUT2D eigenvalue weighted by Gasteiger charge is -2.27. The van der Waals surface area contributed by atoms with Crippen LogP contribution in [0.25, 0.3) is 0 Å². The van der Waals surface area contributed by atoms with Gasteiger partial charge in [0.15, 0.2) is 0 Å². The van der Waals surface area contributed by atoms with Crippen molar-refractivity contribution >= 4 is 17.1 Å². The number of aliphatic hydroxyl groups excluding tert-OH is 1. The quantitative estimate of drug-likeness (QED) is 0.233. The van der Waals surface area contributed by atoms with Crippen molar-refractivity contribution in [1.29, 1.82) is 0 Å². The molecule has 0 saturated heterocycles. The molecule has 35 heavy (non-hydrogen) atoms. The summed E-state index contributed by atoms with van der Waals surface area (Å²) in [7, 11) is 0. The van der Waals surface area contributed by atoms with Crippen molar-refractivity contribution in [3.63, 3.8) is 0 Å². The molecule has 0 aliphatic rings. The highest BCUT2D eigenvalue weighted by atomic mass is 16.3. The van der Waals surface area contributed by atoms with Crippen LogP contribution in [-0.2, 0) is 0 Å². The molecule has 1 N–H and O–H groups in total. The average Bonchev–Trinajstić information content (AvgIpc) is 2.88. The van der Waals surface area contributed by atoms with E-state index in [1.165, 1.54) is 28.1 Å². The van der Waals surface area contributed by atoms with E-state index in [2.05, 4.69) is 117 Å². The number of benzene rings is 3. The predicted molar refractivity (Wildman–Crippen MR) is 152 cm³/mol. The maximum absolute atomic E-state index is 10.1. The maximum Gasteiger partial charge on any atom is 0.124 e. The SMILES string of the molecule is CCN(CC)c1ccc(C(c2ccc(N(CC)CC)cc2)c2ccc(N(CC)C(C)O)cc2)cc1. The van der Waals surface area contributed by atoms with Gasteiger partial charge in [0.05, 0.1) is 0 Å². The van der Waals surface area contributed by atoms with E-state index in [-0.39, 0.29) is 5.92 Å². The standard InChI is InChI=1S/C31H43N3O/c1-7-32(8-2)28-18-12-25(13-19-28)31(26-14-20-29(21-15-26)33(9-3)10-4)27-16-22-30(23-17-27)34(11-5)24(6)35/h12-24,31,35H,7-11H2,1-6H3. The Kier molecular flexibility index (Phi) is 9.62. The Hall–Kier alpha value is -2.98. The number of anilines is 3. The highest BCUT2D eigenvalue weighted by Gasteiger charge is 2.19. The number of aliphatic hydroxyl groups is 1. The van der Waals surface area contributed by atoms with Crippen LogP contribution in [0.3, 0.4) is 0 Å². The number of nitrogens with zero attached hydrogens (tertiary/aromatic N) is 3. The van der Waals surface area contributed by atoms with Crippen LogP contribution in [0, 0.1) is 0 Å². The minimum absolute atomic E-state index is 0.141. The van der Waals surface area contributed by atoms with Gasteiger partial charge in [-0.3, -0.25) is 0 Å². The molecule has 0 saturated carbocycles. The number of rotatable bonds is 12. The summed E-state index contributed by atoms with van der Waals surface area (Å²) in [4.78, 5) is 6.75.